The van der Waals surface area contributed by atoms with Gasteiger partial charge in [0.05, 0.1) is 18.2 Å². The summed E-state index contributed by atoms with van der Waals surface area (Å²) in [5, 5.41) is 9.06. The molecule has 0 amide bonds. The summed E-state index contributed by atoms with van der Waals surface area (Å²) in [6.45, 7) is 1.51. The lowest BCUT2D eigenvalue weighted by molar-refractivity contribution is -0.143. The summed E-state index contributed by atoms with van der Waals surface area (Å²) in [5.41, 5.74) is 1.23. The molecule has 4 nitrogen and oxygen atoms in total. The standard InChI is InChI=1S/C15H18FNO3S/c16-13-7-10(12-8-11(9-18)20-15(12)19)1-2-14(13)17-3-5-21-6-4-17/h1-2,7,11-12,18H,3-6,8-9H2/t11-,12?/m1/s1. The van der Waals surface area contributed by atoms with Crippen LogP contribution in [0.15, 0.2) is 18.2 Å². The average molecular weight is 311 g/mol. The highest BCUT2D eigenvalue weighted by atomic mass is 32.2. The fourth-order valence-corrected chi connectivity index (χ4v) is 3.74. The molecule has 2 atom stereocenters. The number of carbonyl (C=O) groups is 1. The van der Waals surface area contributed by atoms with Crippen LogP contribution in [0.3, 0.4) is 0 Å². The molecule has 1 aromatic rings. The van der Waals surface area contributed by atoms with Gasteiger partial charge >= 0.3 is 5.97 Å². The van der Waals surface area contributed by atoms with Crippen molar-refractivity contribution in [1.29, 1.82) is 0 Å². The molecule has 114 valence electrons. The van der Waals surface area contributed by atoms with E-state index in [-0.39, 0.29) is 18.4 Å². The Hall–Kier alpha value is -1.27. The summed E-state index contributed by atoms with van der Waals surface area (Å²) in [6, 6.07) is 4.98. The van der Waals surface area contributed by atoms with Gasteiger partial charge in [-0.15, -0.1) is 0 Å². The van der Waals surface area contributed by atoms with Gasteiger partial charge < -0.3 is 14.7 Å². The number of benzene rings is 1. The van der Waals surface area contributed by atoms with Crippen molar-refractivity contribution in [2.45, 2.75) is 18.4 Å². The van der Waals surface area contributed by atoms with Gasteiger partial charge in [-0.25, -0.2) is 4.39 Å². The van der Waals surface area contributed by atoms with Gasteiger partial charge in [0.1, 0.15) is 11.9 Å². The van der Waals surface area contributed by atoms with Gasteiger partial charge in [0.25, 0.3) is 0 Å². The number of rotatable bonds is 3. The Kier molecular flexibility index (Phi) is 4.35. The maximum Gasteiger partial charge on any atom is 0.313 e. The lowest BCUT2D eigenvalue weighted by atomic mass is 9.95. The summed E-state index contributed by atoms with van der Waals surface area (Å²) >= 11 is 1.88. The number of cyclic esters (lactones) is 1. The number of anilines is 1. The van der Waals surface area contributed by atoms with E-state index in [1.807, 2.05) is 16.7 Å². The fourth-order valence-electron chi connectivity index (χ4n) is 2.84. The number of esters is 1. The minimum atomic E-state index is -0.470. The third-order valence-corrected chi connectivity index (χ3v) is 4.94. The smallest absolute Gasteiger partial charge is 0.313 e. The van der Waals surface area contributed by atoms with Gasteiger partial charge in [-0.1, -0.05) is 6.07 Å². The number of hydrogen-bond acceptors (Lipinski definition) is 5. The van der Waals surface area contributed by atoms with Crippen LogP contribution in [0.1, 0.15) is 17.9 Å². The van der Waals surface area contributed by atoms with Gasteiger partial charge in [0, 0.05) is 31.0 Å². The molecule has 0 aromatic heterocycles. The number of nitrogens with zero attached hydrogens (tertiary/aromatic N) is 1. The summed E-state index contributed by atoms with van der Waals surface area (Å²) < 4.78 is 19.4. The molecular weight excluding hydrogens is 293 g/mol. The molecule has 2 aliphatic heterocycles. The number of aliphatic hydroxyl groups is 1. The van der Waals surface area contributed by atoms with Gasteiger partial charge in [-0.3, -0.25) is 4.79 Å². The Labute approximate surface area is 127 Å². The second-order valence-corrected chi connectivity index (χ2v) is 6.56. The van der Waals surface area contributed by atoms with Crippen LogP contribution in [0.5, 0.6) is 0 Å². The zero-order chi connectivity index (χ0) is 14.8. The molecule has 2 saturated heterocycles. The molecule has 1 N–H and O–H groups in total. The Morgan fingerprint density at radius 1 is 1.38 bits per heavy atom. The highest BCUT2D eigenvalue weighted by Crippen LogP contribution is 2.33. The number of ether oxygens (including phenoxy) is 1. The molecule has 2 heterocycles. The van der Waals surface area contributed by atoms with Crippen molar-refractivity contribution in [1.82, 2.24) is 0 Å². The second-order valence-electron chi connectivity index (χ2n) is 5.34. The number of hydrogen-bond donors (Lipinski definition) is 1. The topological polar surface area (TPSA) is 49.8 Å². The van der Waals surface area contributed by atoms with E-state index >= 15 is 0 Å². The third kappa shape index (κ3) is 3.01. The van der Waals surface area contributed by atoms with Crippen molar-refractivity contribution < 1.29 is 19.0 Å². The average Bonchev–Trinajstić information content (AvgIpc) is 2.89. The molecule has 0 spiro atoms. The molecule has 2 aliphatic rings. The minimum Gasteiger partial charge on any atom is -0.459 e. The predicted octanol–water partition coefficient (Wildman–Crippen LogP) is 1.77. The van der Waals surface area contributed by atoms with Crippen molar-refractivity contribution >= 4 is 23.4 Å². The lowest BCUT2D eigenvalue weighted by Gasteiger charge is -2.29. The van der Waals surface area contributed by atoms with Crippen LogP contribution in [-0.2, 0) is 9.53 Å². The normalized spacial score (nSPS) is 26.0. The van der Waals surface area contributed by atoms with E-state index in [0.717, 1.165) is 24.6 Å². The van der Waals surface area contributed by atoms with Crippen LogP contribution in [0, 0.1) is 5.82 Å². The molecule has 2 fully saturated rings. The van der Waals surface area contributed by atoms with Crippen molar-refractivity contribution in [3.8, 4) is 0 Å². The van der Waals surface area contributed by atoms with Gasteiger partial charge in [-0.2, -0.15) is 11.8 Å². The first-order valence-electron chi connectivity index (χ1n) is 7.12. The molecule has 0 radical (unpaired) electrons. The molecule has 3 rings (SSSR count). The van der Waals surface area contributed by atoms with E-state index in [1.165, 1.54) is 6.07 Å². The quantitative estimate of drug-likeness (QED) is 0.862. The van der Waals surface area contributed by atoms with Crippen molar-refractivity contribution in [2.24, 2.45) is 0 Å². The molecule has 0 bridgehead atoms. The maximum absolute atomic E-state index is 14.3. The number of aliphatic hydroxyl groups excluding tert-OH is 1. The van der Waals surface area contributed by atoms with E-state index in [1.54, 1.807) is 12.1 Å². The fraction of sp³-hybridized carbons (Fsp3) is 0.533. The maximum atomic E-state index is 14.3. The van der Waals surface area contributed by atoms with Crippen LogP contribution in [0.25, 0.3) is 0 Å². The van der Waals surface area contributed by atoms with Crippen LogP contribution in [-0.4, -0.2) is 48.4 Å². The van der Waals surface area contributed by atoms with Crippen LogP contribution >= 0.6 is 11.8 Å². The van der Waals surface area contributed by atoms with Gasteiger partial charge in [-0.05, 0) is 17.7 Å². The first kappa shape index (κ1) is 14.7. The first-order valence-corrected chi connectivity index (χ1v) is 8.28. The van der Waals surface area contributed by atoms with Crippen molar-refractivity contribution in [3.05, 3.63) is 29.6 Å². The summed E-state index contributed by atoms with van der Waals surface area (Å²) in [7, 11) is 0. The molecule has 21 heavy (non-hydrogen) atoms. The van der Waals surface area contributed by atoms with Gasteiger partial charge in [0.15, 0.2) is 0 Å². The van der Waals surface area contributed by atoms with E-state index in [2.05, 4.69) is 0 Å². The molecule has 1 aromatic carbocycles. The summed E-state index contributed by atoms with van der Waals surface area (Å²) in [6.07, 6.45) is -0.0570. The summed E-state index contributed by atoms with van der Waals surface area (Å²) in [5.74, 6) is 0.876. The first-order chi connectivity index (χ1) is 10.2. The van der Waals surface area contributed by atoms with E-state index in [4.69, 9.17) is 9.84 Å². The van der Waals surface area contributed by atoms with Gasteiger partial charge in [0.2, 0.25) is 0 Å². The molecule has 1 unspecified atom stereocenters. The molecule has 0 aliphatic carbocycles. The SMILES string of the molecule is O=C1O[C@@H](CO)CC1c1ccc(N2CCSCC2)c(F)c1. The molecule has 0 saturated carbocycles. The highest BCUT2D eigenvalue weighted by molar-refractivity contribution is 7.99. The largest absolute Gasteiger partial charge is 0.459 e. The monoisotopic (exact) mass is 311 g/mol. The third-order valence-electron chi connectivity index (χ3n) is 4.00. The molecular formula is C15H18FNO3S. The zero-order valence-corrected chi connectivity index (χ0v) is 12.4. The summed E-state index contributed by atoms with van der Waals surface area (Å²) in [4.78, 5) is 13.8. The molecule has 6 heteroatoms. The van der Waals surface area contributed by atoms with Crippen molar-refractivity contribution in [2.75, 3.05) is 36.1 Å². The van der Waals surface area contributed by atoms with Crippen LogP contribution < -0.4 is 4.90 Å². The number of carbonyl (C=O) groups excluding carboxylic acids is 1. The Balaban J connectivity index is 1.79. The second kappa shape index (κ2) is 6.23. The van der Waals surface area contributed by atoms with Crippen LogP contribution in [0.4, 0.5) is 10.1 Å². The Bertz CT molecular complexity index is 534. The van der Waals surface area contributed by atoms with E-state index in [9.17, 15) is 9.18 Å². The highest BCUT2D eigenvalue weighted by Gasteiger charge is 2.35. The number of thioether (sulfide) groups is 1. The predicted molar refractivity (Wildman–Crippen MR) is 80.3 cm³/mol. The van der Waals surface area contributed by atoms with Crippen LogP contribution in [0.2, 0.25) is 0 Å². The Morgan fingerprint density at radius 2 is 2.14 bits per heavy atom. The minimum absolute atomic E-state index is 0.186. The number of halogens is 1. The Morgan fingerprint density at radius 3 is 2.76 bits per heavy atom. The lowest BCUT2D eigenvalue weighted by Crippen LogP contribution is -2.33. The van der Waals surface area contributed by atoms with E-state index < -0.39 is 12.0 Å². The van der Waals surface area contributed by atoms with E-state index in [0.29, 0.717) is 17.7 Å². The van der Waals surface area contributed by atoms with Crippen molar-refractivity contribution in [3.63, 3.8) is 0 Å². The zero-order valence-electron chi connectivity index (χ0n) is 11.6.